The predicted molar refractivity (Wildman–Crippen MR) is 183 cm³/mol. The van der Waals surface area contributed by atoms with E-state index < -0.39 is 49.7 Å². The molecular weight excluding hydrogens is 717 g/mol. The van der Waals surface area contributed by atoms with E-state index in [0.29, 0.717) is 11.3 Å². The number of hydrogen-bond acceptors (Lipinski definition) is 9. The largest absolute Gasteiger partial charge is 0.480 e. The van der Waals surface area contributed by atoms with Crippen molar-refractivity contribution in [2.75, 3.05) is 31.2 Å². The zero-order chi connectivity index (χ0) is 35.5. The normalized spacial score (nSPS) is 19.7. The van der Waals surface area contributed by atoms with E-state index in [4.69, 9.17) is 23.2 Å². The first-order chi connectivity index (χ1) is 23.1. The third-order valence-corrected chi connectivity index (χ3v) is 12.2. The molecule has 0 spiro atoms. The molecule has 3 atom stereocenters. The lowest BCUT2D eigenvalue weighted by atomic mass is 10.0. The van der Waals surface area contributed by atoms with Gasteiger partial charge in [-0.3, -0.25) is 19.5 Å². The van der Waals surface area contributed by atoms with E-state index >= 15 is 0 Å². The second-order valence-electron chi connectivity index (χ2n) is 12.1. The van der Waals surface area contributed by atoms with Crippen LogP contribution in [0, 0.1) is 0 Å². The first-order valence-corrected chi connectivity index (χ1v) is 19.5. The molecular formula is C32H35Cl2N5O8S2. The van der Waals surface area contributed by atoms with Crippen LogP contribution in [-0.4, -0.2) is 97.9 Å². The zero-order valence-corrected chi connectivity index (χ0v) is 29.5. The highest BCUT2D eigenvalue weighted by atomic mass is 35.5. The van der Waals surface area contributed by atoms with Crippen LogP contribution in [0.15, 0.2) is 70.7 Å². The number of rotatable bonds is 11. The van der Waals surface area contributed by atoms with Gasteiger partial charge in [0.25, 0.3) is 5.91 Å². The Balaban J connectivity index is 1.34. The molecule has 49 heavy (non-hydrogen) atoms. The molecule has 17 heteroatoms. The summed E-state index contributed by atoms with van der Waals surface area (Å²) in [4.78, 5) is 44.4. The summed E-state index contributed by atoms with van der Waals surface area (Å²) in [5.74, 6) is -2.67. The number of likely N-dealkylation sites (tertiary alicyclic amines) is 1. The number of carboxylic acids is 1. The van der Waals surface area contributed by atoms with E-state index in [9.17, 15) is 36.3 Å². The smallest absolute Gasteiger partial charge is 0.326 e. The third-order valence-electron chi connectivity index (χ3n) is 8.63. The van der Waals surface area contributed by atoms with Crippen LogP contribution in [-0.2, 0) is 35.9 Å². The van der Waals surface area contributed by atoms with Gasteiger partial charge in [-0.15, -0.1) is 0 Å². The predicted octanol–water partition coefficient (Wildman–Crippen LogP) is 3.47. The number of sulfone groups is 1. The fraction of sp³-hybridized carbons (Fsp3) is 0.375. The minimum atomic E-state index is -4.36. The quantitative estimate of drug-likeness (QED) is 0.262. The number of pyridine rings is 1. The number of amides is 2. The number of carbonyl (C=O) groups is 3. The average Bonchev–Trinajstić information content (AvgIpc) is 3.52. The van der Waals surface area contributed by atoms with Crippen molar-refractivity contribution in [1.82, 2.24) is 19.5 Å². The van der Waals surface area contributed by atoms with Gasteiger partial charge in [0.2, 0.25) is 15.9 Å². The molecule has 2 aliphatic heterocycles. The first-order valence-electron chi connectivity index (χ1n) is 15.4. The number of carbonyl (C=O) groups excluding carboxylic acids is 2. The number of benzene rings is 2. The second kappa shape index (κ2) is 15.1. The van der Waals surface area contributed by atoms with Crippen LogP contribution in [0.25, 0.3) is 0 Å². The van der Waals surface area contributed by atoms with Gasteiger partial charge in [-0.05, 0) is 68.2 Å². The van der Waals surface area contributed by atoms with E-state index in [0.717, 1.165) is 49.0 Å². The Labute approximate surface area is 294 Å². The highest BCUT2D eigenvalue weighted by molar-refractivity contribution is 7.91. The summed E-state index contributed by atoms with van der Waals surface area (Å²) in [6, 6.07) is 8.32. The van der Waals surface area contributed by atoms with E-state index in [2.05, 4.69) is 20.5 Å². The molecule has 262 valence electrons. The molecule has 2 aliphatic rings. The fourth-order valence-corrected chi connectivity index (χ4v) is 9.05. The highest BCUT2D eigenvalue weighted by Gasteiger charge is 2.46. The topological polar surface area (TPSA) is 183 Å². The van der Waals surface area contributed by atoms with Crippen molar-refractivity contribution in [3.63, 3.8) is 0 Å². The monoisotopic (exact) mass is 751 g/mol. The first kappa shape index (κ1) is 36.7. The number of halogens is 2. The second-order valence-corrected chi connectivity index (χ2v) is 16.8. The minimum Gasteiger partial charge on any atom is -0.480 e. The molecule has 1 aromatic heterocycles. The summed E-state index contributed by atoms with van der Waals surface area (Å²) in [5.41, 5.74) is 0.944. The molecule has 0 saturated carbocycles. The Bertz CT molecular complexity index is 1940. The maximum atomic E-state index is 14.0. The molecule has 2 saturated heterocycles. The summed E-state index contributed by atoms with van der Waals surface area (Å²) < 4.78 is 53.4. The molecule has 2 amide bonds. The molecule has 0 radical (unpaired) electrons. The molecule has 0 bridgehead atoms. The molecule has 2 aromatic carbocycles. The molecule has 3 N–H and O–H groups in total. The Morgan fingerprint density at radius 3 is 2.20 bits per heavy atom. The Hall–Kier alpha value is -3.60. The standard InChI is InChI=1S/C32H35Cl2N5O8S2/c1-48(44,45)23-6-5-7-24(16-23)49(46,47)39-19-22(38-12-3-2-4-13-38)15-28(39)30(40)37-27(32(42)43)14-20-8-10-21(11-9-20)36-31(41)29-25(33)17-35-18-26(29)34/h5-11,16-18,22,27-28H,2-4,12-15,19H2,1H3,(H,36,41)(H,37,40)(H,42,43)/t22-,27+,28+/m1/s1. The Kier molecular flexibility index (Phi) is 11.3. The number of hydrogen-bond donors (Lipinski definition) is 3. The van der Waals surface area contributed by atoms with Gasteiger partial charge in [0.05, 0.1) is 25.4 Å². The lowest BCUT2D eigenvalue weighted by molar-refractivity contribution is -0.142. The summed E-state index contributed by atoms with van der Waals surface area (Å²) in [6.07, 6.45) is 6.48. The number of aromatic nitrogens is 1. The van der Waals surface area contributed by atoms with Crippen LogP contribution < -0.4 is 10.6 Å². The van der Waals surface area contributed by atoms with Crippen LogP contribution >= 0.6 is 23.2 Å². The van der Waals surface area contributed by atoms with Gasteiger partial charge >= 0.3 is 5.97 Å². The molecule has 2 fully saturated rings. The van der Waals surface area contributed by atoms with E-state index in [1.807, 2.05) is 0 Å². The summed E-state index contributed by atoms with van der Waals surface area (Å²) in [7, 11) is -8.08. The van der Waals surface area contributed by atoms with Crippen LogP contribution in [0.3, 0.4) is 0 Å². The average molecular weight is 753 g/mol. The zero-order valence-electron chi connectivity index (χ0n) is 26.4. The van der Waals surface area contributed by atoms with Crippen molar-refractivity contribution in [3.05, 3.63) is 82.1 Å². The molecule has 3 aromatic rings. The number of nitrogens with one attached hydrogen (secondary N) is 2. The van der Waals surface area contributed by atoms with Crippen LogP contribution in [0.2, 0.25) is 10.0 Å². The van der Waals surface area contributed by atoms with Crippen molar-refractivity contribution in [2.45, 2.75) is 60.0 Å². The number of sulfonamides is 1. The highest BCUT2D eigenvalue weighted by Crippen LogP contribution is 2.32. The molecule has 0 aliphatic carbocycles. The SMILES string of the molecule is CS(=O)(=O)c1cccc(S(=O)(=O)N2C[C@H](N3CCCCC3)C[C@H]2C(=O)N[C@@H](Cc2ccc(NC(=O)c3c(Cl)cncc3Cl)cc2)C(=O)O)c1. The summed E-state index contributed by atoms with van der Waals surface area (Å²) in [6.45, 7) is 1.48. The van der Waals surface area contributed by atoms with Gasteiger partial charge in [0, 0.05) is 43.3 Å². The van der Waals surface area contributed by atoms with Gasteiger partial charge in [0.15, 0.2) is 9.84 Å². The molecule has 13 nitrogen and oxygen atoms in total. The third kappa shape index (κ3) is 8.59. The Morgan fingerprint density at radius 2 is 1.59 bits per heavy atom. The number of carboxylic acid groups (broad SMARTS) is 1. The fourth-order valence-electron chi connectivity index (χ4n) is 6.09. The number of aliphatic carboxylic acids is 1. The Morgan fingerprint density at radius 1 is 0.959 bits per heavy atom. The lowest BCUT2D eigenvalue weighted by Gasteiger charge is -2.32. The minimum absolute atomic E-state index is 0.00956. The van der Waals surface area contributed by atoms with Gasteiger partial charge in [-0.2, -0.15) is 4.31 Å². The van der Waals surface area contributed by atoms with Crippen molar-refractivity contribution in [3.8, 4) is 0 Å². The van der Waals surface area contributed by atoms with E-state index in [1.54, 1.807) is 24.3 Å². The van der Waals surface area contributed by atoms with Crippen molar-refractivity contribution in [1.29, 1.82) is 0 Å². The number of anilines is 1. The number of nitrogens with zero attached hydrogens (tertiary/aromatic N) is 3. The molecule has 0 unspecified atom stereocenters. The summed E-state index contributed by atoms with van der Waals surface area (Å²) in [5, 5.41) is 15.4. The van der Waals surface area contributed by atoms with Crippen molar-refractivity contribution < 1.29 is 36.3 Å². The molecule has 3 heterocycles. The van der Waals surface area contributed by atoms with Gasteiger partial charge in [0.1, 0.15) is 12.1 Å². The lowest BCUT2D eigenvalue weighted by Crippen LogP contribution is -2.51. The van der Waals surface area contributed by atoms with Gasteiger partial charge in [-0.1, -0.05) is 47.8 Å². The van der Waals surface area contributed by atoms with Gasteiger partial charge in [-0.25, -0.2) is 21.6 Å². The number of piperidine rings is 1. The van der Waals surface area contributed by atoms with Crippen LogP contribution in [0.5, 0.6) is 0 Å². The maximum Gasteiger partial charge on any atom is 0.326 e. The van der Waals surface area contributed by atoms with Gasteiger partial charge < -0.3 is 15.7 Å². The molecule has 5 rings (SSSR count). The van der Waals surface area contributed by atoms with Crippen LogP contribution in [0.1, 0.15) is 41.6 Å². The van der Waals surface area contributed by atoms with E-state index in [1.165, 1.54) is 30.6 Å². The van der Waals surface area contributed by atoms with Crippen molar-refractivity contribution >= 4 is 66.5 Å². The summed E-state index contributed by atoms with van der Waals surface area (Å²) >= 11 is 12.1. The maximum absolute atomic E-state index is 14.0. The van der Waals surface area contributed by atoms with E-state index in [-0.39, 0.29) is 50.8 Å². The van der Waals surface area contributed by atoms with Crippen molar-refractivity contribution in [2.24, 2.45) is 0 Å². The van der Waals surface area contributed by atoms with Crippen LogP contribution in [0.4, 0.5) is 5.69 Å².